The van der Waals surface area contributed by atoms with Crippen molar-refractivity contribution < 1.29 is 0 Å². The number of nitrogens with two attached hydrogens (primary N) is 1. The first-order valence-electron chi connectivity index (χ1n) is 5.95. The van der Waals surface area contributed by atoms with E-state index in [0.29, 0.717) is 30.3 Å². The van der Waals surface area contributed by atoms with Gasteiger partial charge in [0, 0.05) is 24.2 Å². The number of hydrogen-bond acceptors (Lipinski definition) is 4. The van der Waals surface area contributed by atoms with Crippen molar-refractivity contribution in [2.75, 3.05) is 18.4 Å². The minimum absolute atomic E-state index is 0.179. The highest BCUT2D eigenvalue weighted by molar-refractivity contribution is 6.31. The second-order valence-corrected chi connectivity index (χ2v) is 4.45. The molecule has 0 spiro atoms. The zero-order valence-electron chi connectivity index (χ0n) is 10.3. The maximum absolute atomic E-state index is 11.9. The van der Waals surface area contributed by atoms with Crippen LogP contribution in [0.3, 0.4) is 0 Å². The molecular weight excluding hydrogens is 264 g/mol. The molecule has 19 heavy (non-hydrogen) atoms. The maximum Gasteiger partial charge on any atom is 0.269 e. The van der Waals surface area contributed by atoms with Crippen molar-refractivity contribution in [1.29, 1.82) is 0 Å². The number of halogens is 1. The molecule has 0 radical (unpaired) electrons. The van der Waals surface area contributed by atoms with Gasteiger partial charge in [-0.05, 0) is 11.6 Å². The molecule has 5 nitrogen and oxygen atoms in total. The van der Waals surface area contributed by atoms with Crippen molar-refractivity contribution in [3.05, 3.63) is 57.5 Å². The van der Waals surface area contributed by atoms with E-state index in [1.807, 2.05) is 18.2 Å². The SMILES string of the molecule is NCCNc1cnn(Cc2ccccc2Cl)c(=O)c1. The predicted octanol–water partition coefficient (Wildman–Crippen LogP) is 1.32. The van der Waals surface area contributed by atoms with Crippen molar-refractivity contribution in [2.45, 2.75) is 6.54 Å². The molecule has 0 fully saturated rings. The molecule has 0 aliphatic rings. The molecule has 0 aliphatic carbocycles. The zero-order valence-corrected chi connectivity index (χ0v) is 11.1. The lowest BCUT2D eigenvalue weighted by Gasteiger charge is -2.08. The van der Waals surface area contributed by atoms with Gasteiger partial charge in [0.05, 0.1) is 18.4 Å². The molecule has 1 heterocycles. The predicted molar refractivity (Wildman–Crippen MR) is 76.6 cm³/mol. The van der Waals surface area contributed by atoms with E-state index in [9.17, 15) is 4.79 Å². The lowest BCUT2D eigenvalue weighted by molar-refractivity contribution is 0.639. The fraction of sp³-hybridized carbons (Fsp3) is 0.231. The quantitative estimate of drug-likeness (QED) is 0.865. The van der Waals surface area contributed by atoms with E-state index in [-0.39, 0.29) is 5.56 Å². The summed E-state index contributed by atoms with van der Waals surface area (Å²) in [5.41, 5.74) is 6.74. The van der Waals surface area contributed by atoms with E-state index < -0.39 is 0 Å². The van der Waals surface area contributed by atoms with Gasteiger partial charge < -0.3 is 11.1 Å². The highest BCUT2D eigenvalue weighted by Gasteiger charge is 2.04. The molecule has 0 saturated carbocycles. The number of benzene rings is 1. The molecule has 0 unspecified atom stereocenters. The van der Waals surface area contributed by atoms with E-state index in [1.165, 1.54) is 10.7 Å². The first-order chi connectivity index (χ1) is 9.20. The normalized spacial score (nSPS) is 10.4. The number of aromatic nitrogens is 2. The second kappa shape index (κ2) is 6.36. The van der Waals surface area contributed by atoms with Gasteiger partial charge in [-0.15, -0.1) is 0 Å². The van der Waals surface area contributed by atoms with Gasteiger partial charge in [0.15, 0.2) is 0 Å². The summed E-state index contributed by atoms with van der Waals surface area (Å²) in [6.07, 6.45) is 1.61. The fourth-order valence-corrected chi connectivity index (χ4v) is 1.85. The molecule has 0 atom stereocenters. The van der Waals surface area contributed by atoms with Crippen LogP contribution in [0, 0.1) is 0 Å². The van der Waals surface area contributed by atoms with Crippen molar-refractivity contribution >= 4 is 17.3 Å². The molecule has 2 rings (SSSR count). The first kappa shape index (κ1) is 13.6. The van der Waals surface area contributed by atoms with Crippen molar-refractivity contribution in [2.24, 2.45) is 5.73 Å². The number of nitrogens with one attached hydrogen (secondary N) is 1. The Morgan fingerprint density at radius 1 is 1.37 bits per heavy atom. The van der Waals surface area contributed by atoms with Gasteiger partial charge in [0.2, 0.25) is 0 Å². The lowest BCUT2D eigenvalue weighted by atomic mass is 10.2. The third-order valence-corrected chi connectivity index (χ3v) is 2.99. The lowest BCUT2D eigenvalue weighted by Crippen LogP contribution is -2.24. The van der Waals surface area contributed by atoms with E-state index in [2.05, 4.69) is 10.4 Å². The topological polar surface area (TPSA) is 72.9 Å². The molecule has 100 valence electrons. The summed E-state index contributed by atoms with van der Waals surface area (Å²) in [7, 11) is 0. The molecule has 0 bridgehead atoms. The molecule has 6 heteroatoms. The number of nitrogens with zero attached hydrogens (tertiary/aromatic N) is 2. The van der Waals surface area contributed by atoms with Crippen molar-refractivity contribution in [1.82, 2.24) is 9.78 Å². The van der Waals surface area contributed by atoms with Crippen molar-refractivity contribution in [3.63, 3.8) is 0 Å². The molecule has 0 saturated heterocycles. The summed E-state index contributed by atoms with van der Waals surface area (Å²) in [6.45, 7) is 1.47. The summed E-state index contributed by atoms with van der Waals surface area (Å²) >= 11 is 6.06. The van der Waals surface area contributed by atoms with Crippen LogP contribution in [0.1, 0.15) is 5.56 Å². The molecule has 1 aromatic carbocycles. The Hall–Kier alpha value is -1.85. The molecule has 1 aromatic heterocycles. The molecule has 0 aliphatic heterocycles. The third kappa shape index (κ3) is 3.56. The monoisotopic (exact) mass is 278 g/mol. The van der Waals surface area contributed by atoms with Gasteiger partial charge in [-0.3, -0.25) is 4.79 Å². The Balaban J connectivity index is 2.18. The third-order valence-electron chi connectivity index (χ3n) is 2.62. The van der Waals surface area contributed by atoms with Crippen LogP contribution in [0.2, 0.25) is 5.02 Å². The highest BCUT2D eigenvalue weighted by atomic mass is 35.5. The number of hydrogen-bond donors (Lipinski definition) is 2. The Labute approximate surface area is 116 Å². The minimum Gasteiger partial charge on any atom is -0.382 e. The van der Waals surface area contributed by atoms with Gasteiger partial charge in [0.1, 0.15) is 0 Å². The van der Waals surface area contributed by atoms with Gasteiger partial charge >= 0.3 is 0 Å². The summed E-state index contributed by atoms with van der Waals surface area (Å²) < 4.78 is 1.37. The van der Waals surface area contributed by atoms with Gasteiger partial charge in [0.25, 0.3) is 5.56 Å². The maximum atomic E-state index is 11.9. The van der Waals surface area contributed by atoms with Crippen molar-refractivity contribution in [3.8, 4) is 0 Å². The zero-order chi connectivity index (χ0) is 13.7. The van der Waals surface area contributed by atoms with E-state index in [1.54, 1.807) is 12.3 Å². The first-order valence-corrected chi connectivity index (χ1v) is 6.33. The van der Waals surface area contributed by atoms with Crippen LogP contribution in [0.4, 0.5) is 5.69 Å². The van der Waals surface area contributed by atoms with Gasteiger partial charge in [-0.25, -0.2) is 4.68 Å². The van der Waals surface area contributed by atoms with Crippen LogP contribution < -0.4 is 16.6 Å². The Morgan fingerprint density at radius 2 is 2.16 bits per heavy atom. The molecule has 0 amide bonds. The van der Waals surface area contributed by atoms with Crippen LogP contribution in [0.25, 0.3) is 0 Å². The largest absolute Gasteiger partial charge is 0.382 e. The number of anilines is 1. The second-order valence-electron chi connectivity index (χ2n) is 4.05. The molecule has 3 N–H and O–H groups in total. The van der Waals surface area contributed by atoms with Crippen LogP contribution in [-0.4, -0.2) is 22.9 Å². The number of rotatable bonds is 5. The highest BCUT2D eigenvalue weighted by Crippen LogP contribution is 2.15. The average Bonchev–Trinajstić information content (AvgIpc) is 2.41. The van der Waals surface area contributed by atoms with Crippen LogP contribution in [0.15, 0.2) is 41.3 Å². The summed E-state index contributed by atoms with van der Waals surface area (Å²) in [5.74, 6) is 0. The molecule has 2 aromatic rings. The summed E-state index contributed by atoms with van der Waals surface area (Å²) in [6, 6.07) is 8.89. The van der Waals surface area contributed by atoms with E-state index in [0.717, 1.165) is 5.56 Å². The van der Waals surface area contributed by atoms with Gasteiger partial charge in [-0.1, -0.05) is 29.8 Å². The van der Waals surface area contributed by atoms with Crippen LogP contribution >= 0.6 is 11.6 Å². The fourth-order valence-electron chi connectivity index (χ4n) is 1.65. The smallest absolute Gasteiger partial charge is 0.269 e. The molecular formula is C13H15ClN4O. The Morgan fingerprint density at radius 3 is 2.84 bits per heavy atom. The van der Waals surface area contributed by atoms with E-state index >= 15 is 0 Å². The van der Waals surface area contributed by atoms with Crippen LogP contribution in [-0.2, 0) is 6.54 Å². The average molecular weight is 279 g/mol. The van der Waals surface area contributed by atoms with Gasteiger partial charge in [-0.2, -0.15) is 5.10 Å². The Bertz CT molecular complexity index is 612. The summed E-state index contributed by atoms with van der Waals surface area (Å²) in [5, 5.41) is 7.75. The standard InChI is InChI=1S/C13H15ClN4O/c14-12-4-2-1-3-10(12)9-18-13(19)7-11(8-17-18)16-6-5-15/h1-4,7-8,16H,5-6,9,15H2. The Kier molecular flexibility index (Phi) is 4.54. The van der Waals surface area contributed by atoms with Crippen LogP contribution in [0.5, 0.6) is 0 Å². The summed E-state index contributed by atoms with van der Waals surface area (Å²) in [4.78, 5) is 11.9. The minimum atomic E-state index is -0.179. The van der Waals surface area contributed by atoms with E-state index in [4.69, 9.17) is 17.3 Å².